The van der Waals surface area contributed by atoms with E-state index >= 15 is 0 Å². The Morgan fingerprint density at radius 1 is 1.25 bits per heavy atom. The fourth-order valence-corrected chi connectivity index (χ4v) is 4.35. The lowest BCUT2D eigenvalue weighted by molar-refractivity contribution is 0.335. The highest BCUT2D eigenvalue weighted by Gasteiger charge is 2.26. The normalized spacial score (nSPS) is 25.5. The molecule has 0 spiro atoms. The summed E-state index contributed by atoms with van der Waals surface area (Å²) < 4.78 is 0. The van der Waals surface area contributed by atoms with Gasteiger partial charge in [-0.1, -0.05) is 26.7 Å². The maximum atomic E-state index is 4.91. The molecule has 110 valence electrons. The van der Waals surface area contributed by atoms with Crippen LogP contribution >= 0.6 is 11.8 Å². The highest BCUT2D eigenvalue weighted by molar-refractivity contribution is 7.98. The minimum Gasteiger partial charge on any atom is -0.370 e. The number of hydrogen-bond donors (Lipinski definition) is 1. The van der Waals surface area contributed by atoms with E-state index in [0.29, 0.717) is 5.92 Å². The topological polar surface area (TPSA) is 37.8 Å². The second-order valence-electron chi connectivity index (χ2n) is 6.24. The van der Waals surface area contributed by atoms with E-state index in [1.54, 1.807) is 0 Å². The predicted molar refractivity (Wildman–Crippen MR) is 86.2 cm³/mol. The molecule has 1 aromatic rings. The summed E-state index contributed by atoms with van der Waals surface area (Å²) in [6.45, 7) is 5.58. The van der Waals surface area contributed by atoms with Crippen LogP contribution in [-0.2, 0) is 11.5 Å². The molecule has 4 heteroatoms. The van der Waals surface area contributed by atoms with Crippen molar-refractivity contribution in [3.63, 3.8) is 0 Å². The first-order chi connectivity index (χ1) is 9.78. The summed E-state index contributed by atoms with van der Waals surface area (Å²) in [6.07, 6.45) is 6.38. The van der Waals surface area contributed by atoms with Crippen LogP contribution in [0.3, 0.4) is 0 Å². The summed E-state index contributed by atoms with van der Waals surface area (Å²) in [7, 11) is 0. The Morgan fingerprint density at radius 2 is 2.15 bits per heavy atom. The van der Waals surface area contributed by atoms with Gasteiger partial charge < -0.3 is 5.32 Å². The Hall–Kier alpha value is -0.770. The molecule has 2 atom stereocenters. The number of thioether (sulfide) groups is 1. The number of anilines is 1. The summed E-state index contributed by atoms with van der Waals surface area (Å²) in [5.74, 6) is 5.77. The molecule has 1 aromatic heterocycles. The number of aromatic nitrogens is 2. The van der Waals surface area contributed by atoms with Crippen LogP contribution in [0.4, 0.5) is 5.82 Å². The first-order valence-electron chi connectivity index (χ1n) is 7.99. The molecule has 1 aliphatic carbocycles. The SMILES string of the molecule is CCCNc1nc(C2CCCC(C)C2)nc2c1CSC2. The molecule has 0 aromatic carbocycles. The highest BCUT2D eigenvalue weighted by atomic mass is 32.2. The van der Waals surface area contributed by atoms with E-state index in [1.165, 1.54) is 36.9 Å². The van der Waals surface area contributed by atoms with Gasteiger partial charge in [-0.05, 0) is 25.2 Å². The third-order valence-electron chi connectivity index (χ3n) is 4.44. The average Bonchev–Trinajstić information content (AvgIpc) is 2.93. The molecule has 1 N–H and O–H groups in total. The van der Waals surface area contributed by atoms with Crippen LogP contribution < -0.4 is 5.32 Å². The summed E-state index contributed by atoms with van der Waals surface area (Å²) in [5.41, 5.74) is 2.65. The van der Waals surface area contributed by atoms with E-state index in [-0.39, 0.29) is 0 Å². The molecule has 0 saturated heterocycles. The summed E-state index contributed by atoms with van der Waals surface area (Å²) >= 11 is 1.96. The van der Waals surface area contributed by atoms with Gasteiger partial charge in [0.15, 0.2) is 0 Å². The van der Waals surface area contributed by atoms with Gasteiger partial charge in [0, 0.05) is 29.5 Å². The fourth-order valence-electron chi connectivity index (χ4n) is 3.31. The minimum atomic E-state index is 0.580. The maximum Gasteiger partial charge on any atom is 0.134 e. The van der Waals surface area contributed by atoms with E-state index in [1.807, 2.05) is 11.8 Å². The van der Waals surface area contributed by atoms with Gasteiger partial charge in [-0.3, -0.25) is 0 Å². The summed E-state index contributed by atoms with van der Waals surface area (Å²) in [5, 5.41) is 3.52. The van der Waals surface area contributed by atoms with Crippen LogP contribution in [-0.4, -0.2) is 16.5 Å². The van der Waals surface area contributed by atoms with Crippen LogP contribution in [0.2, 0.25) is 0 Å². The second-order valence-corrected chi connectivity index (χ2v) is 7.23. The van der Waals surface area contributed by atoms with Crippen molar-refractivity contribution in [2.75, 3.05) is 11.9 Å². The Balaban J connectivity index is 1.87. The van der Waals surface area contributed by atoms with Gasteiger partial charge in [0.05, 0.1) is 5.69 Å². The zero-order valence-electron chi connectivity index (χ0n) is 12.6. The molecule has 1 fully saturated rings. The lowest BCUT2D eigenvalue weighted by atomic mass is 9.82. The van der Waals surface area contributed by atoms with Gasteiger partial charge in [0.2, 0.25) is 0 Å². The number of nitrogens with one attached hydrogen (secondary N) is 1. The largest absolute Gasteiger partial charge is 0.370 e. The highest BCUT2D eigenvalue weighted by Crippen LogP contribution is 2.38. The van der Waals surface area contributed by atoms with Crippen LogP contribution in [0.15, 0.2) is 0 Å². The molecule has 0 radical (unpaired) electrons. The standard InChI is InChI=1S/C16H25N3S/c1-3-7-17-16-13-9-20-10-14(13)18-15(19-16)12-6-4-5-11(2)8-12/h11-12H,3-10H2,1-2H3,(H,17,18,19). The van der Waals surface area contributed by atoms with Gasteiger partial charge in [-0.15, -0.1) is 0 Å². The van der Waals surface area contributed by atoms with Crippen LogP contribution in [0.1, 0.15) is 69.0 Å². The smallest absolute Gasteiger partial charge is 0.134 e. The first kappa shape index (κ1) is 14.2. The molecule has 3 nitrogen and oxygen atoms in total. The predicted octanol–water partition coefficient (Wildman–Crippen LogP) is 4.34. The quantitative estimate of drug-likeness (QED) is 0.895. The minimum absolute atomic E-state index is 0.580. The van der Waals surface area contributed by atoms with E-state index < -0.39 is 0 Å². The number of fused-ring (bicyclic) bond motifs is 1. The number of nitrogens with zero attached hydrogens (tertiary/aromatic N) is 2. The number of hydrogen-bond acceptors (Lipinski definition) is 4. The zero-order valence-corrected chi connectivity index (χ0v) is 13.4. The summed E-state index contributed by atoms with van der Waals surface area (Å²) in [6, 6.07) is 0. The van der Waals surface area contributed by atoms with E-state index in [0.717, 1.165) is 42.0 Å². The summed E-state index contributed by atoms with van der Waals surface area (Å²) in [4.78, 5) is 9.81. The van der Waals surface area contributed by atoms with Crippen LogP contribution in [0.25, 0.3) is 0 Å². The molecule has 2 unspecified atom stereocenters. The Kier molecular flexibility index (Phi) is 4.49. The van der Waals surface area contributed by atoms with Crippen molar-refractivity contribution in [3.05, 3.63) is 17.1 Å². The number of rotatable bonds is 4. The maximum absolute atomic E-state index is 4.91. The van der Waals surface area contributed by atoms with Crippen molar-refractivity contribution in [3.8, 4) is 0 Å². The molecule has 2 aliphatic rings. The van der Waals surface area contributed by atoms with Crippen molar-refractivity contribution in [2.24, 2.45) is 5.92 Å². The Morgan fingerprint density at radius 3 is 2.95 bits per heavy atom. The van der Waals surface area contributed by atoms with Crippen molar-refractivity contribution in [2.45, 2.75) is 63.4 Å². The van der Waals surface area contributed by atoms with Crippen molar-refractivity contribution in [1.29, 1.82) is 0 Å². The second kappa shape index (κ2) is 6.33. The third kappa shape index (κ3) is 2.95. The van der Waals surface area contributed by atoms with Crippen molar-refractivity contribution in [1.82, 2.24) is 9.97 Å². The van der Waals surface area contributed by atoms with Gasteiger partial charge in [0.1, 0.15) is 11.6 Å². The van der Waals surface area contributed by atoms with Gasteiger partial charge in [-0.25, -0.2) is 9.97 Å². The average molecular weight is 291 g/mol. The molecule has 20 heavy (non-hydrogen) atoms. The molecule has 0 bridgehead atoms. The molecular formula is C16H25N3S. The monoisotopic (exact) mass is 291 g/mol. The lowest BCUT2D eigenvalue weighted by Gasteiger charge is -2.26. The van der Waals surface area contributed by atoms with E-state index in [9.17, 15) is 0 Å². The zero-order chi connectivity index (χ0) is 13.9. The molecule has 0 amide bonds. The third-order valence-corrected chi connectivity index (χ3v) is 5.41. The van der Waals surface area contributed by atoms with Crippen molar-refractivity contribution >= 4 is 17.6 Å². The Labute approximate surface area is 126 Å². The van der Waals surface area contributed by atoms with E-state index in [4.69, 9.17) is 9.97 Å². The molecule has 1 aliphatic heterocycles. The fraction of sp³-hybridized carbons (Fsp3) is 0.750. The van der Waals surface area contributed by atoms with Crippen LogP contribution in [0, 0.1) is 5.92 Å². The van der Waals surface area contributed by atoms with Crippen LogP contribution in [0.5, 0.6) is 0 Å². The molecular weight excluding hydrogens is 266 g/mol. The molecule has 3 rings (SSSR count). The van der Waals surface area contributed by atoms with E-state index in [2.05, 4.69) is 19.2 Å². The molecule has 1 saturated carbocycles. The van der Waals surface area contributed by atoms with Gasteiger partial charge in [-0.2, -0.15) is 11.8 Å². The lowest BCUT2D eigenvalue weighted by Crippen LogP contribution is -2.17. The molecule has 2 heterocycles. The van der Waals surface area contributed by atoms with Gasteiger partial charge >= 0.3 is 0 Å². The first-order valence-corrected chi connectivity index (χ1v) is 9.14. The van der Waals surface area contributed by atoms with Crippen molar-refractivity contribution < 1.29 is 0 Å². The van der Waals surface area contributed by atoms with Gasteiger partial charge in [0.25, 0.3) is 0 Å². The Bertz CT molecular complexity index is 475.